The molecular formula is C15H23N3O4. The highest BCUT2D eigenvalue weighted by atomic mass is 16.6. The monoisotopic (exact) mass is 309 g/mol. The number of unbranched alkanes of at least 4 members (excludes halogenated alkanes) is 1. The number of aryl methyl sites for hydroxylation is 1. The summed E-state index contributed by atoms with van der Waals surface area (Å²) in [4.78, 5) is 24.3. The molecule has 1 aromatic carbocycles. The number of benzene rings is 1. The highest BCUT2D eigenvalue weighted by Crippen LogP contribution is 2.22. The molecule has 0 heterocycles. The standard InChI is InChI=1S/C15H23N3O4/c1-3-4-8-17(9-5-10-19)15(20)16-13-7-6-12(2)14(11-13)18(21)22/h6-7,11,19H,3-5,8-10H2,1-2H3,(H,16,20). The van der Waals surface area contributed by atoms with Gasteiger partial charge in [0.2, 0.25) is 0 Å². The molecule has 7 nitrogen and oxygen atoms in total. The fourth-order valence-electron chi connectivity index (χ4n) is 2.01. The molecule has 0 unspecified atom stereocenters. The van der Waals surface area contributed by atoms with Gasteiger partial charge in [-0.1, -0.05) is 19.4 Å². The number of amides is 2. The molecule has 22 heavy (non-hydrogen) atoms. The summed E-state index contributed by atoms with van der Waals surface area (Å²) in [5.74, 6) is 0. The lowest BCUT2D eigenvalue weighted by Crippen LogP contribution is -2.36. The Morgan fingerprint density at radius 1 is 1.36 bits per heavy atom. The summed E-state index contributed by atoms with van der Waals surface area (Å²) in [6.45, 7) is 4.75. The first-order valence-corrected chi connectivity index (χ1v) is 7.41. The Morgan fingerprint density at radius 3 is 2.64 bits per heavy atom. The minimum Gasteiger partial charge on any atom is -0.396 e. The number of carbonyl (C=O) groups is 1. The van der Waals surface area contributed by atoms with Gasteiger partial charge in [0.15, 0.2) is 0 Å². The van der Waals surface area contributed by atoms with Crippen molar-refractivity contribution in [2.24, 2.45) is 0 Å². The van der Waals surface area contributed by atoms with Gasteiger partial charge in [-0.2, -0.15) is 0 Å². The maximum atomic E-state index is 12.3. The van der Waals surface area contributed by atoms with Gasteiger partial charge in [0.25, 0.3) is 5.69 Å². The lowest BCUT2D eigenvalue weighted by Gasteiger charge is -2.22. The number of aliphatic hydroxyl groups is 1. The van der Waals surface area contributed by atoms with Crippen molar-refractivity contribution in [1.82, 2.24) is 4.90 Å². The van der Waals surface area contributed by atoms with Crippen molar-refractivity contribution in [3.63, 3.8) is 0 Å². The minimum atomic E-state index is -0.467. The summed E-state index contributed by atoms with van der Waals surface area (Å²) in [7, 11) is 0. The SMILES string of the molecule is CCCCN(CCCO)C(=O)Nc1ccc(C)c([N+](=O)[O-])c1. The van der Waals surface area contributed by atoms with Crippen LogP contribution in [-0.4, -0.2) is 40.7 Å². The number of nitrogens with one attached hydrogen (secondary N) is 1. The van der Waals surface area contributed by atoms with Gasteiger partial charge < -0.3 is 15.3 Å². The number of hydrogen-bond acceptors (Lipinski definition) is 4. The van der Waals surface area contributed by atoms with E-state index in [1.54, 1.807) is 24.0 Å². The van der Waals surface area contributed by atoms with E-state index in [4.69, 9.17) is 5.11 Å². The van der Waals surface area contributed by atoms with Crippen LogP contribution in [0.1, 0.15) is 31.7 Å². The molecule has 7 heteroatoms. The molecule has 0 saturated heterocycles. The van der Waals surface area contributed by atoms with Crippen LogP contribution in [0.3, 0.4) is 0 Å². The predicted octanol–water partition coefficient (Wildman–Crippen LogP) is 2.92. The van der Waals surface area contributed by atoms with Gasteiger partial charge in [-0.15, -0.1) is 0 Å². The largest absolute Gasteiger partial charge is 0.396 e. The molecule has 122 valence electrons. The third kappa shape index (κ3) is 5.33. The zero-order valence-corrected chi connectivity index (χ0v) is 13.0. The number of carbonyl (C=O) groups excluding carboxylic acids is 1. The number of urea groups is 1. The molecule has 0 bridgehead atoms. The molecule has 1 aromatic rings. The molecule has 0 aliphatic rings. The van der Waals surface area contributed by atoms with Crippen LogP contribution in [0.5, 0.6) is 0 Å². The van der Waals surface area contributed by atoms with Gasteiger partial charge >= 0.3 is 6.03 Å². The third-order valence-corrected chi connectivity index (χ3v) is 3.31. The van der Waals surface area contributed by atoms with Crippen molar-refractivity contribution < 1.29 is 14.8 Å². The van der Waals surface area contributed by atoms with E-state index in [1.807, 2.05) is 6.92 Å². The predicted molar refractivity (Wildman–Crippen MR) is 85.0 cm³/mol. The van der Waals surface area contributed by atoms with Gasteiger partial charge in [0.1, 0.15) is 0 Å². The van der Waals surface area contributed by atoms with Crippen LogP contribution in [-0.2, 0) is 0 Å². The number of hydrogen-bond donors (Lipinski definition) is 2. The Hall–Kier alpha value is -2.15. The van der Waals surface area contributed by atoms with Crippen molar-refractivity contribution in [3.8, 4) is 0 Å². The maximum Gasteiger partial charge on any atom is 0.321 e. The zero-order valence-electron chi connectivity index (χ0n) is 13.0. The van der Waals surface area contributed by atoms with E-state index in [-0.39, 0.29) is 18.3 Å². The molecule has 0 aliphatic heterocycles. The Morgan fingerprint density at radius 2 is 2.05 bits per heavy atom. The van der Waals surface area contributed by atoms with Gasteiger partial charge in [0.05, 0.1) is 4.92 Å². The summed E-state index contributed by atoms with van der Waals surface area (Å²) in [6.07, 6.45) is 2.33. The number of anilines is 1. The third-order valence-electron chi connectivity index (χ3n) is 3.31. The summed E-state index contributed by atoms with van der Waals surface area (Å²) in [6, 6.07) is 4.31. The second kappa shape index (κ2) is 8.99. The number of nitro groups is 1. The topological polar surface area (TPSA) is 95.7 Å². The number of nitrogens with zero attached hydrogens (tertiary/aromatic N) is 2. The fourth-order valence-corrected chi connectivity index (χ4v) is 2.01. The first-order valence-electron chi connectivity index (χ1n) is 7.41. The average molecular weight is 309 g/mol. The van der Waals surface area contributed by atoms with Crippen molar-refractivity contribution in [3.05, 3.63) is 33.9 Å². The maximum absolute atomic E-state index is 12.3. The number of aliphatic hydroxyl groups excluding tert-OH is 1. The molecule has 0 aliphatic carbocycles. The summed E-state index contributed by atoms with van der Waals surface area (Å²) in [5, 5.41) is 22.5. The lowest BCUT2D eigenvalue weighted by atomic mass is 10.2. The highest BCUT2D eigenvalue weighted by Gasteiger charge is 2.15. The van der Waals surface area contributed by atoms with Gasteiger partial charge in [-0.3, -0.25) is 10.1 Å². The van der Waals surface area contributed by atoms with Crippen LogP contribution < -0.4 is 5.32 Å². The first-order chi connectivity index (χ1) is 10.5. The Kier molecular flexibility index (Phi) is 7.31. The molecule has 0 fully saturated rings. The molecule has 1 rings (SSSR count). The van der Waals surface area contributed by atoms with Crippen molar-refractivity contribution in [2.75, 3.05) is 25.0 Å². The van der Waals surface area contributed by atoms with E-state index in [0.29, 0.717) is 30.8 Å². The first kappa shape index (κ1) is 17.9. The van der Waals surface area contributed by atoms with Crippen molar-refractivity contribution in [1.29, 1.82) is 0 Å². The normalized spacial score (nSPS) is 10.3. The molecule has 0 spiro atoms. The van der Waals surface area contributed by atoms with Gasteiger partial charge in [0, 0.05) is 37.0 Å². The van der Waals surface area contributed by atoms with Crippen molar-refractivity contribution >= 4 is 17.4 Å². The lowest BCUT2D eigenvalue weighted by molar-refractivity contribution is -0.385. The van der Waals surface area contributed by atoms with E-state index in [1.165, 1.54) is 6.07 Å². The van der Waals surface area contributed by atoms with E-state index < -0.39 is 4.92 Å². The average Bonchev–Trinajstić information content (AvgIpc) is 2.49. The van der Waals surface area contributed by atoms with E-state index in [9.17, 15) is 14.9 Å². The summed E-state index contributed by atoms with van der Waals surface area (Å²) >= 11 is 0. The van der Waals surface area contributed by atoms with Crippen LogP contribution in [0.4, 0.5) is 16.2 Å². The van der Waals surface area contributed by atoms with Crippen molar-refractivity contribution in [2.45, 2.75) is 33.1 Å². The summed E-state index contributed by atoms with van der Waals surface area (Å²) < 4.78 is 0. The van der Waals surface area contributed by atoms with Crippen LogP contribution >= 0.6 is 0 Å². The van der Waals surface area contributed by atoms with E-state index in [2.05, 4.69) is 5.32 Å². The Balaban J connectivity index is 2.79. The van der Waals surface area contributed by atoms with E-state index >= 15 is 0 Å². The smallest absolute Gasteiger partial charge is 0.321 e. The summed E-state index contributed by atoms with van der Waals surface area (Å²) in [5.41, 5.74) is 0.923. The fraction of sp³-hybridized carbons (Fsp3) is 0.533. The molecule has 0 radical (unpaired) electrons. The molecule has 0 atom stereocenters. The molecule has 0 saturated carbocycles. The van der Waals surface area contributed by atoms with Crippen LogP contribution in [0.2, 0.25) is 0 Å². The second-order valence-electron chi connectivity index (χ2n) is 5.11. The van der Waals surface area contributed by atoms with Crippen LogP contribution in [0, 0.1) is 17.0 Å². The molecular weight excluding hydrogens is 286 g/mol. The van der Waals surface area contributed by atoms with Crippen LogP contribution in [0.25, 0.3) is 0 Å². The van der Waals surface area contributed by atoms with Crippen LogP contribution in [0.15, 0.2) is 18.2 Å². The van der Waals surface area contributed by atoms with Gasteiger partial charge in [-0.05, 0) is 25.8 Å². The number of rotatable bonds is 8. The minimum absolute atomic E-state index is 0.0198. The Labute approximate surface area is 130 Å². The molecule has 2 amide bonds. The second-order valence-corrected chi connectivity index (χ2v) is 5.11. The highest BCUT2D eigenvalue weighted by molar-refractivity contribution is 5.89. The molecule has 0 aromatic heterocycles. The van der Waals surface area contributed by atoms with E-state index in [0.717, 1.165) is 12.8 Å². The quantitative estimate of drug-likeness (QED) is 0.570. The zero-order chi connectivity index (χ0) is 16.5. The van der Waals surface area contributed by atoms with Gasteiger partial charge in [-0.25, -0.2) is 4.79 Å². The number of nitro benzene ring substituents is 1. The Bertz CT molecular complexity index is 512. The molecule has 2 N–H and O–H groups in total.